The number of carbonyl (C=O) groups excluding carboxylic acids is 1. The van der Waals surface area contributed by atoms with Crippen LogP contribution in [0.4, 0.5) is 5.69 Å². The second-order valence-corrected chi connectivity index (χ2v) is 9.50. The molecule has 0 fully saturated rings. The predicted octanol–water partition coefficient (Wildman–Crippen LogP) is 4.51. The molecule has 0 bridgehead atoms. The zero-order valence-electron chi connectivity index (χ0n) is 17.7. The summed E-state index contributed by atoms with van der Waals surface area (Å²) >= 11 is 1.37. The van der Waals surface area contributed by atoms with Gasteiger partial charge in [0.15, 0.2) is 0 Å². The molecule has 1 aliphatic heterocycles. The molecule has 152 valence electrons. The Morgan fingerprint density at radius 2 is 1.81 bits per heavy atom. The van der Waals surface area contributed by atoms with Gasteiger partial charge < -0.3 is 14.2 Å². The normalized spacial score (nSPS) is 16.1. The Morgan fingerprint density at radius 3 is 2.41 bits per heavy atom. The highest BCUT2D eigenvalue weighted by Gasteiger charge is 2.34. The fourth-order valence-corrected chi connectivity index (χ4v) is 4.10. The number of anilines is 1. The summed E-state index contributed by atoms with van der Waals surface area (Å²) in [5.41, 5.74) is 1.98. The number of rotatable bonds is 7. The topological polar surface area (TPSA) is 50.8 Å². The molecule has 0 spiro atoms. The molecule has 5 nitrogen and oxygen atoms in total. The highest BCUT2D eigenvalue weighted by atomic mass is 32.2. The minimum atomic E-state index is -0.0625. The molecule has 0 aromatic heterocycles. The summed E-state index contributed by atoms with van der Waals surface area (Å²) < 4.78 is 12.1. The Hall–Kier alpha value is -1.24. The van der Waals surface area contributed by atoms with Crippen molar-refractivity contribution in [3.63, 3.8) is 0 Å². The van der Waals surface area contributed by atoms with Crippen LogP contribution in [0.5, 0.6) is 5.75 Å². The molecular formula is C21H34N2O3S. The molecule has 1 aromatic carbocycles. The third kappa shape index (κ3) is 6.13. The van der Waals surface area contributed by atoms with Crippen LogP contribution in [0.15, 0.2) is 18.2 Å². The molecular weight excluding hydrogens is 360 g/mol. The van der Waals surface area contributed by atoms with Gasteiger partial charge in [-0.15, -0.1) is 0 Å². The van der Waals surface area contributed by atoms with Crippen LogP contribution in [-0.4, -0.2) is 47.4 Å². The van der Waals surface area contributed by atoms with E-state index < -0.39 is 0 Å². The lowest BCUT2D eigenvalue weighted by atomic mass is 9.95. The number of amides is 1. The first kappa shape index (κ1) is 22.1. The highest BCUT2D eigenvalue weighted by molar-refractivity contribution is 7.93. The third-order valence-electron chi connectivity index (χ3n) is 4.67. The van der Waals surface area contributed by atoms with E-state index in [2.05, 4.69) is 51.8 Å². The van der Waals surface area contributed by atoms with Gasteiger partial charge in [0.2, 0.25) is 5.91 Å². The minimum absolute atomic E-state index is 0.0223. The standard InChI is InChI=1S/C21H34N2O3S/c1-20(2,3)23(21(4,5)6)13-15(26-27-7)14-25-18-10-8-9-17-16(18)11-12-19(24)22-17/h8-10,15H,11-14H2,1-7H3,(H,22,24). The maximum Gasteiger partial charge on any atom is 0.224 e. The second-order valence-electron chi connectivity index (χ2n) is 8.98. The molecule has 1 unspecified atom stereocenters. The SMILES string of the molecule is CSOC(COc1cccc2c1CCC(=O)N2)CN(C(C)(C)C)C(C)(C)C. The number of hydrogen-bond acceptors (Lipinski definition) is 5. The van der Waals surface area contributed by atoms with E-state index in [1.807, 2.05) is 24.5 Å². The van der Waals surface area contributed by atoms with Gasteiger partial charge in [-0.3, -0.25) is 9.69 Å². The summed E-state index contributed by atoms with van der Waals surface area (Å²) in [7, 11) is 0. The fourth-order valence-electron chi connectivity index (χ4n) is 3.71. The van der Waals surface area contributed by atoms with Crippen molar-refractivity contribution in [2.24, 2.45) is 0 Å². The average Bonchev–Trinajstić information content (AvgIpc) is 2.54. The van der Waals surface area contributed by atoms with Gasteiger partial charge in [0.25, 0.3) is 0 Å². The molecule has 6 heteroatoms. The molecule has 1 aliphatic rings. The molecule has 0 radical (unpaired) electrons. The van der Waals surface area contributed by atoms with Crippen LogP contribution in [0.25, 0.3) is 0 Å². The van der Waals surface area contributed by atoms with Crippen molar-refractivity contribution < 1.29 is 13.7 Å². The maximum atomic E-state index is 11.6. The van der Waals surface area contributed by atoms with E-state index in [9.17, 15) is 4.79 Å². The lowest BCUT2D eigenvalue weighted by Gasteiger charge is -2.46. The van der Waals surface area contributed by atoms with Crippen LogP contribution in [-0.2, 0) is 15.4 Å². The first-order valence-electron chi connectivity index (χ1n) is 9.54. The Bertz CT molecular complexity index is 636. The molecule has 1 heterocycles. The van der Waals surface area contributed by atoms with Gasteiger partial charge >= 0.3 is 0 Å². The minimum Gasteiger partial charge on any atom is -0.490 e. The van der Waals surface area contributed by atoms with Gasteiger partial charge in [-0.05, 0) is 72.1 Å². The number of fused-ring (bicyclic) bond motifs is 1. The molecule has 2 rings (SSSR count). The van der Waals surface area contributed by atoms with Crippen molar-refractivity contribution in [1.82, 2.24) is 4.90 Å². The maximum absolute atomic E-state index is 11.6. The summed E-state index contributed by atoms with van der Waals surface area (Å²) in [5, 5.41) is 2.92. The van der Waals surface area contributed by atoms with E-state index in [1.165, 1.54) is 12.0 Å². The predicted molar refractivity (Wildman–Crippen MR) is 113 cm³/mol. The number of carbonyl (C=O) groups is 1. The lowest BCUT2D eigenvalue weighted by Crippen LogP contribution is -2.56. The molecule has 1 amide bonds. The van der Waals surface area contributed by atoms with Crippen LogP contribution in [0.1, 0.15) is 53.5 Å². The van der Waals surface area contributed by atoms with Gasteiger partial charge in [-0.25, -0.2) is 0 Å². The van der Waals surface area contributed by atoms with E-state index in [4.69, 9.17) is 8.92 Å². The molecule has 27 heavy (non-hydrogen) atoms. The third-order valence-corrected chi connectivity index (χ3v) is 5.14. The van der Waals surface area contributed by atoms with Crippen LogP contribution < -0.4 is 10.1 Å². The second kappa shape index (κ2) is 8.84. The van der Waals surface area contributed by atoms with Crippen LogP contribution in [0.2, 0.25) is 0 Å². The first-order chi connectivity index (χ1) is 12.5. The fraction of sp³-hybridized carbons (Fsp3) is 0.667. The van der Waals surface area contributed by atoms with E-state index in [0.29, 0.717) is 19.4 Å². The molecule has 0 aliphatic carbocycles. The van der Waals surface area contributed by atoms with Gasteiger partial charge in [0.1, 0.15) is 18.5 Å². The Kier molecular flexibility index (Phi) is 7.22. The molecule has 0 saturated carbocycles. The van der Waals surface area contributed by atoms with Gasteiger partial charge in [-0.2, -0.15) is 0 Å². The zero-order chi connectivity index (χ0) is 20.2. The van der Waals surface area contributed by atoms with Crippen molar-refractivity contribution in [3.05, 3.63) is 23.8 Å². The van der Waals surface area contributed by atoms with Crippen molar-refractivity contribution >= 4 is 23.6 Å². The largest absolute Gasteiger partial charge is 0.490 e. The smallest absolute Gasteiger partial charge is 0.224 e. The van der Waals surface area contributed by atoms with Gasteiger partial charge in [0, 0.05) is 41.6 Å². The Labute approximate surface area is 168 Å². The molecule has 1 N–H and O–H groups in total. The van der Waals surface area contributed by atoms with Crippen LogP contribution in [0.3, 0.4) is 0 Å². The Balaban J connectivity index is 2.11. The summed E-state index contributed by atoms with van der Waals surface area (Å²) in [4.78, 5) is 14.1. The monoisotopic (exact) mass is 394 g/mol. The number of nitrogens with zero attached hydrogens (tertiary/aromatic N) is 1. The molecule has 1 aromatic rings. The molecule has 1 atom stereocenters. The van der Waals surface area contributed by atoms with Crippen molar-refractivity contribution in [2.45, 2.75) is 71.6 Å². The summed E-state index contributed by atoms with van der Waals surface area (Å²) in [6.07, 6.45) is 3.08. The first-order valence-corrected chi connectivity index (χ1v) is 10.7. The summed E-state index contributed by atoms with van der Waals surface area (Å²) in [5.74, 6) is 0.898. The lowest BCUT2D eigenvalue weighted by molar-refractivity contribution is -0.116. The average molecular weight is 395 g/mol. The molecule has 0 saturated heterocycles. The van der Waals surface area contributed by atoms with Crippen molar-refractivity contribution in [1.29, 1.82) is 0 Å². The van der Waals surface area contributed by atoms with Gasteiger partial charge in [0.05, 0.1) is 0 Å². The van der Waals surface area contributed by atoms with E-state index in [0.717, 1.165) is 23.5 Å². The van der Waals surface area contributed by atoms with Crippen molar-refractivity contribution in [3.8, 4) is 5.75 Å². The van der Waals surface area contributed by atoms with E-state index in [1.54, 1.807) is 0 Å². The summed E-state index contributed by atoms with van der Waals surface area (Å²) in [6, 6.07) is 5.81. The zero-order valence-corrected chi connectivity index (χ0v) is 18.5. The van der Waals surface area contributed by atoms with E-state index in [-0.39, 0.29) is 23.1 Å². The highest BCUT2D eigenvalue weighted by Crippen LogP contribution is 2.32. The number of ether oxygens (including phenoxy) is 1. The van der Waals surface area contributed by atoms with Crippen LogP contribution >= 0.6 is 12.0 Å². The Morgan fingerprint density at radius 1 is 1.15 bits per heavy atom. The van der Waals surface area contributed by atoms with Gasteiger partial charge in [-0.1, -0.05) is 6.07 Å². The number of benzene rings is 1. The van der Waals surface area contributed by atoms with E-state index >= 15 is 0 Å². The number of hydrogen-bond donors (Lipinski definition) is 1. The van der Waals surface area contributed by atoms with Crippen molar-refractivity contribution in [2.75, 3.05) is 24.7 Å². The summed E-state index contributed by atoms with van der Waals surface area (Å²) in [6.45, 7) is 14.6. The quantitative estimate of drug-likeness (QED) is 0.690. The van der Waals surface area contributed by atoms with Crippen LogP contribution in [0, 0.1) is 0 Å². The number of nitrogens with one attached hydrogen (secondary N) is 1.